The Morgan fingerprint density at radius 2 is 0.727 bits per heavy atom. The van der Waals surface area contributed by atoms with E-state index in [-0.39, 0.29) is 44.8 Å². The van der Waals surface area contributed by atoms with Crippen molar-refractivity contribution in [2.45, 2.75) is 20.8 Å². The van der Waals surface area contributed by atoms with Crippen LogP contribution in [0.3, 0.4) is 0 Å². The van der Waals surface area contributed by atoms with Crippen LogP contribution in [-0.2, 0) is 0 Å². The predicted molar refractivity (Wildman–Crippen MR) is 50.5 cm³/mol. The number of aliphatic hydroxyl groups excluding tert-OH is 3. The van der Waals surface area contributed by atoms with E-state index in [1.54, 1.807) is 20.8 Å². The van der Waals surface area contributed by atoms with E-state index in [9.17, 15) is 0 Å². The maximum atomic E-state index is 7.57. The summed E-state index contributed by atoms with van der Waals surface area (Å²) in [7, 11) is 0. The second-order valence-electron chi connectivity index (χ2n) is 0.949. The van der Waals surface area contributed by atoms with E-state index < -0.39 is 0 Å². The van der Waals surface area contributed by atoms with Crippen LogP contribution in [0.4, 0.5) is 0 Å². The average Bonchev–Trinajstić information content (AvgIpc) is 1.70. The molecule has 0 bridgehead atoms. The normalized spacial score (nSPS) is 4.91. The van der Waals surface area contributed by atoms with Gasteiger partial charge in [-0.05, 0) is 20.8 Å². The van der Waals surface area contributed by atoms with Crippen LogP contribution in [-0.4, -0.2) is 54.0 Å². The molecule has 0 aromatic carbocycles. The average molecular weight is 163 g/mol. The summed E-state index contributed by atoms with van der Waals surface area (Å²) in [5, 5.41) is 22.7. The number of aliphatic hydroxyl groups is 3. The molecule has 0 spiro atoms. The van der Waals surface area contributed by atoms with E-state index in [0.717, 1.165) is 0 Å². The molecule has 0 saturated carbocycles. The Morgan fingerprint density at radius 1 is 0.727 bits per heavy atom. The van der Waals surface area contributed by atoms with Crippen LogP contribution in [0.15, 0.2) is 0 Å². The van der Waals surface area contributed by atoms with Gasteiger partial charge in [-0.15, -0.1) is 0 Å². The van der Waals surface area contributed by atoms with Gasteiger partial charge in [0, 0.05) is 19.8 Å². The predicted octanol–water partition coefficient (Wildman–Crippen LogP) is -0.491. The molecule has 0 aromatic rings. The molecule has 0 amide bonds. The van der Waals surface area contributed by atoms with Gasteiger partial charge in [0.25, 0.3) is 0 Å². The first kappa shape index (κ1) is 30.1. The molecule has 70 valence electrons. The number of hydrogen-bond donors (Lipinski definition) is 4. The third-order valence-electron chi connectivity index (χ3n) is 0. The van der Waals surface area contributed by atoms with Crippen LogP contribution in [0, 0.1) is 0 Å². The molecule has 0 aliphatic heterocycles. The van der Waals surface area contributed by atoms with E-state index in [2.05, 4.69) is 0 Å². The summed E-state index contributed by atoms with van der Waals surface area (Å²) in [5.41, 5.74) is 0. The Bertz CT molecular complexity index is 22.5. The summed E-state index contributed by atoms with van der Waals surface area (Å²) in [5.74, 6) is 0. The second kappa shape index (κ2) is 78.7. The van der Waals surface area contributed by atoms with Crippen molar-refractivity contribution in [2.24, 2.45) is 0 Å². The SMILES string of the molecule is CCO.CCO.CCO.N.[LiH]. The van der Waals surface area contributed by atoms with Gasteiger partial charge in [-0.2, -0.15) is 0 Å². The molecule has 0 saturated heterocycles. The molecule has 5 heteroatoms. The molecule has 0 rings (SSSR count). The molecule has 0 radical (unpaired) electrons. The van der Waals surface area contributed by atoms with Crippen molar-refractivity contribution in [2.75, 3.05) is 19.8 Å². The Morgan fingerprint density at radius 3 is 0.727 bits per heavy atom. The third-order valence-corrected chi connectivity index (χ3v) is 0. The summed E-state index contributed by atoms with van der Waals surface area (Å²) >= 11 is 0. The van der Waals surface area contributed by atoms with Gasteiger partial charge in [0.2, 0.25) is 0 Å². The number of hydrogen-bond acceptors (Lipinski definition) is 4. The summed E-state index contributed by atoms with van der Waals surface area (Å²) in [6.45, 7) is 5.79. The van der Waals surface area contributed by atoms with Crippen LogP contribution in [0.2, 0.25) is 0 Å². The molecule has 11 heavy (non-hydrogen) atoms. The molecule has 0 atom stereocenters. The molecule has 0 unspecified atom stereocenters. The molecule has 6 N–H and O–H groups in total. The molecule has 0 aliphatic carbocycles. The first-order chi connectivity index (χ1) is 4.24. The first-order valence-electron chi connectivity index (χ1n) is 3.07. The number of rotatable bonds is 0. The van der Waals surface area contributed by atoms with Gasteiger partial charge in [0.05, 0.1) is 0 Å². The van der Waals surface area contributed by atoms with E-state index in [4.69, 9.17) is 15.3 Å². The van der Waals surface area contributed by atoms with Crippen molar-refractivity contribution in [1.29, 1.82) is 0 Å². The standard InChI is InChI=1S/3C2H6O.Li.H3N.H/c3*1-2-3;;;/h3*3H,2H2,1H3;;1H3;. The minimum atomic E-state index is 0. The van der Waals surface area contributed by atoms with Crippen molar-refractivity contribution in [3.05, 3.63) is 0 Å². The van der Waals surface area contributed by atoms with Crippen molar-refractivity contribution >= 4 is 18.9 Å². The molecule has 4 nitrogen and oxygen atoms in total. The fourth-order valence-corrected chi connectivity index (χ4v) is 0. The summed E-state index contributed by atoms with van der Waals surface area (Å²) in [4.78, 5) is 0. The summed E-state index contributed by atoms with van der Waals surface area (Å²) in [6, 6.07) is 0. The quantitative estimate of drug-likeness (QED) is 0.362. The van der Waals surface area contributed by atoms with Crippen LogP contribution in [0.1, 0.15) is 20.8 Å². The van der Waals surface area contributed by atoms with Crippen molar-refractivity contribution in [3.8, 4) is 0 Å². The molecular weight excluding hydrogens is 141 g/mol. The van der Waals surface area contributed by atoms with Gasteiger partial charge in [0.1, 0.15) is 0 Å². The van der Waals surface area contributed by atoms with Gasteiger partial charge in [-0.25, -0.2) is 0 Å². The van der Waals surface area contributed by atoms with Crippen molar-refractivity contribution in [1.82, 2.24) is 6.15 Å². The van der Waals surface area contributed by atoms with Crippen LogP contribution in [0.25, 0.3) is 0 Å². The maximum absolute atomic E-state index is 7.57. The fraction of sp³-hybridized carbons (Fsp3) is 1.00. The zero-order valence-electron chi connectivity index (χ0n) is 7.17. The third kappa shape index (κ3) is 3880. The van der Waals surface area contributed by atoms with Crippen LogP contribution >= 0.6 is 0 Å². The van der Waals surface area contributed by atoms with E-state index in [1.165, 1.54) is 0 Å². The Balaban J connectivity index is -0.0000000150. The molecule has 0 aromatic heterocycles. The summed E-state index contributed by atoms with van der Waals surface area (Å²) < 4.78 is 0. The van der Waals surface area contributed by atoms with Gasteiger partial charge in [-0.1, -0.05) is 0 Å². The van der Waals surface area contributed by atoms with Crippen LogP contribution < -0.4 is 6.15 Å². The van der Waals surface area contributed by atoms with E-state index >= 15 is 0 Å². The minimum absolute atomic E-state index is 0. The van der Waals surface area contributed by atoms with Gasteiger partial charge < -0.3 is 21.5 Å². The van der Waals surface area contributed by atoms with Gasteiger partial charge in [0.15, 0.2) is 0 Å². The topological polar surface area (TPSA) is 95.7 Å². The van der Waals surface area contributed by atoms with Crippen molar-refractivity contribution < 1.29 is 15.3 Å². The molecular formula is C6H22LiNO3. The Labute approximate surface area is 81.4 Å². The van der Waals surface area contributed by atoms with Crippen molar-refractivity contribution in [3.63, 3.8) is 0 Å². The summed E-state index contributed by atoms with van der Waals surface area (Å²) in [6.07, 6.45) is 0. The molecule has 0 heterocycles. The second-order valence-corrected chi connectivity index (χ2v) is 0.949. The van der Waals surface area contributed by atoms with Gasteiger partial charge >= 0.3 is 18.9 Å². The van der Waals surface area contributed by atoms with E-state index in [1.807, 2.05) is 0 Å². The molecule has 0 aliphatic rings. The zero-order valence-corrected chi connectivity index (χ0v) is 7.17. The first-order valence-corrected chi connectivity index (χ1v) is 3.07. The Hall–Kier alpha value is 0.437. The van der Waals surface area contributed by atoms with E-state index in [0.29, 0.717) is 0 Å². The Kier molecular flexibility index (Phi) is 215. The zero-order chi connectivity index (χ0) is 8.12. The molecule has 0 fully saturated rings. The van der Waals surface area contributed by atoms with Gasteiger partial charge in [-0.3, -0.25) is 0 Å². The van der Waals surface area contributed by atoms with Crippen LogP contribution in [0.5, 0.6) is 0 Å². The fourth-order valence-electron chi connectivity index (χ4n) is 0. The monoisotopic (exact) mass is 163 g/mol.